The summed E-state index contributed by atoms with van der Waals surface area (Å²) in [6, 6.07) is 0. The standard InChI is InChI=1S/C14H20N4OS/c1-5-6-7-18-13(9(2)8-15-18)17-14(19)12-10(3)16-11(4)20-12/h8H,5-7H2,1-4H3,(H,17,19). The molecule has 0 aromatic carbocycles. The van der Waals surface area contributed by atoms with Crippen LogP contribution >= 0.6 is 11.3 Å². The Labute approximate surface area is 123 Å². The number of nitrogens with one attached hydrogen (secondary N) is 1. The number of aryl methyl sites for hydroxylation is 4. The van der Waals surface area contributed by atoms with Gasteiger partial charge in [-0.15, -0.1) is 11.3 Å². The van der Waals surface area contributed by atoms with Crippen LogP contribution in [0.25, 0.3) is 0 Å². The van der Waals surface area contributed by atoms with Gasteiger partial charge in [-0.25, -0.2) is 9.67 Å². The van der Waals surface area contributed by atoms with Crippen LogP contribution in [0.15, 0.2) is 6.20 Å². The molecular weight excluding hydrogens is 272 g/mol. The van der Waals surface area contributed by atoms with E-state index in [-0.39, 0.29) is 5.91 Å². The van der Waals surface area contributed by atoms with E-state index >= 15 is 0 Å². The van der Waals surface area contributed by atoms with Crippen LogP contribution in [0, 0.1) is 20.8 Å². The number of hydrogen-bond donors (Lipinski definition) is 1. The Bertz CT molecular complexity index is 615. The molecule has 2 aromatic rings. The molecule has 0 unspecified atom stereocenters. The fourth-order valence-electron chi connectivity index (χ4n) is 2.03. The predicted molar refractivity (Wildman–Crippen MR) is 81.4 cm³/mol. The largest absolute Gasteiger partial charge is 0.306 e. The molecular formula is C14H20N4OS. The molecule has 0 spiro atoms. The van der Waals surface area contributed by atoms with Gasteiger partial charge in [-0.2, -0.15) is 5.10 Å². The zero-order chi connectivity index (χ0) is 14.7. The first-order valence-electron chi connectivity index (χ1n) is 6.80. The third kappa shape index (κ3) is 3.07. The summed E-state index contributed by atoms with van der Waals surface area (Å²) in [5.41, 5.74) is 1.76. The van der Waals surface area contributed by atoms with Crippen molar-refractivity contribution in [2.75, 3.05) is 5.32 Å². The fraction of sp³-hybridized carbons (Fsp3) is 0.500. The van der Waals surface area contributed by atoms with Crippen LogP contribution in [0.3, 0.4) is 0 Å². The smallest absolute Gasteiger partial charge is 0.268 e. The van der Waals surface area contributed by atoms with Gasteiger partial charge in [0.2, 0.25) is 0 Å². The Kier molecular flexibility index (Phi) is 4.54. The van der Waals surface area contributed by atoms with Crippen LogP contribution in [0.5, 0.6) is 0 Å². The van der Waals surface area contributed by atoms with Crippen molar-refractivity contribution in [3.8, 4) is 0 Å². The molecule has 0 fully saturated rings. The molecule has 2 aromatic heterocycles. The average molecular weight is 292 g/mol. The topological polar surface area (TPSA) is 59.8 Å². The van der Waals surface area contributed by atoms with Gasteiger partial charge in [-0.05, 0) is 27.2 Å². The SMILES string of the molecule is CCCCn1ncc(C)c1NC(=O)c1sc(C)nc1C. The number of amides is 1. The maximum Gasteiger partial charge on any atom is 0.268 e. The number of hydrogen-bond acceptors (Lipinski definition) is 4. The summed E-state index contributed by atoms with van der Waals surface area (Å²) in [6.07, 6.45) is 3.93. The van der Waals surface area contributed by atoms with Gasteiger partial charge in [-0.3, -0.25) is 4.79 Å². The molecule has 20 heavy (non-hydrogen) atoms. The molecule has 0 aliphatic carbocycles. The predicted octanol–water partition coefficient (Wildman–Crippen LogP) is 3.32. The van der Waals surface area contributed by atoms with Gasteiger partial charge in [0.15, 0.2) is 0 Å². The normalized spacial score (nSPS) is 10.8. The first-order chi connectivity index (χ1) is 9.52. The number of carbonyl (C=O) groups excluding carboxylic acids is 1. The van der Waals surface area contributed by atoms with Crippen LogP contribution in [0.2, 0.25) is 0 Å². The van der Waals surface area contributed by atoms with Crippen LogP contribution in [-0.4, -0.2) is 20.7 Å². The molecule has 0 aliphatic rings. The van der Waals surface area contributed by atoms with Crippen molar-refractivity contribution in [1.82, 2.24) is 14.8 Å². The highest BCUT2D eigenvalue weighted by Gasteiger charge is 2.17. The minimum Gasteiger partial charge on any atom is -0.306 e. The van der Waals surface area contributed by atoms with Gasteiger partial charge < -0.3 is 5.32 Å². The second-order valence-corrected chi connectivity index (χ2v) is 6.06. The molecule has 0 aliphatic heterocycles. The van der Waals surface area contributed by atoms with Gasteiger partial charge in [0.25, 0.3) is 5.91 Å². The molecule has 0 radical (unpaired) electrons. The highest BCUT2D eigenvalue weighted by Crippen LogP contribution is 2.21. The van der Waals surface area contributed by atoms with E-state index in [4.69, 9.17) is 0 Å². The van der Waals surface area contributed by atoms with E-state index in [1.54, 1.807) is 6.20 Å². The van der Waals surface area contributed by atoms with Crippen molar-refractivity contribution in [2.24, 2.45) is 0 Å². The molecule has 0 saturated carbocycles. The number of nitrogens with zero attached hydrogens (tertiary/aromatic N) is 3. The maximum atomic E-state index is 12.3. The van der Waals surface area contributed by atoms with E-state index in [2.05, 4.69) is 22.3 Å². The summed E-state index contributed by atoms with van der Waals surface area (Å²) in [4.78, 5) is 17.3. The molecule has 0 atom stereocenters. The lowest BCUT2D eigenvalue weighted by atomic mass is 10.3. The summed E-state index contributed by atoms with van der Waals surface area (Å²) >= 11 is 1.42. The Morgan fingerprint density at radius 2 is 2.15 bits per heavy atom. The lowest BCUT2D eigenvalue weighted by Gasteiger charge is -2.09. The summed E-state index contributed by atoms with van der Waals surface area (Å²) < 4.78 is 1.86. The van der Waals surface area contributed by atoms with Crippen molar-refractivity contribution < 1.29 is 4.79 Å². The zero-order valence-electron chi connectivity index (χ0n) is 12.4. The van der Waals surface area contributed by atoms with Crippen LogP contribution in [0.4, 0.5) is 5.82 Å². The van der Waals surface area contributed by atoms with E-state index in [1.807, 2.05) is 25.5 Å². The molecule has 108 valence electrons. The zero-order valence-corrected chi connectivity index (χ0v) is 13.2. The van der Waals surface area contributed by atoms with E-state index in [9.17, 15) is 4.79 Å². The van der Waals surface area contributed by atoms with Crippen molar-refractivity contribution in [1.29, 1.82) is 0 Å². The highest BCUT2D eigenvalue weighted by atomic mass is 32.1. The van der Waals surface area contributed by atoms with Crippen molar-refractivity contribution in [2.45, 2.75) is 47.1 Å². The molecule has 2 rings (SSSR count). The lowest BCUT2D eigenvalue weighted by Crippen LogP contribution is -2.16. The van der Waals surface area contributed by atoms with Gasteiger partial charge in [0.1, 0.15) is 10.7 Å². The van der Waals surface area contributed by atoms with E-state index in [1.165, 1.54) is 11.3 Å². The molecule has 0 bridgehead atoms. The summed E-state index contributed by atoms with van der Waals surface area (Å²) in [5, 5.41) is 8.19. The fourth-order valence-corrected chi connectivity index (χ4v) is 2.84. The minimum atomic E-state index is -0.102. The summed E-state index contributed by atoms with van der Waals surface area (Å²) in [6.45, 7) is 8.68. The van der Waals surface area contributed by atoms with Gasteiger partial charge in [0, 0.05) is 12.1 Å². The first kappa shape index (κ1) is 14.7. The monoisotopic (exact) mass is 292 g/mol. The van der Waals surface area contributed by atoms with Crippen LogP contribution < -0.4 is 5.32 Å². The van der Waals surface area contributed by atoms with Gasteiger partial charge in [0.05, 0.1) is 16.9 Å². The first-order valence-corrected chi connectivity index (χ1v) is 7.62. The molecule has 5 nitrogen and oxygen atoms in total. The number of aromatic nitrogens is 3. The van der Waals surface area contributed by atoms with E-state index < -0.39 is 0 Å². The maximum absolute atomic E-state index is 12.3. The molecule has 1 amide bonds. The Morgan fingerprint density at radius 1 is 1.40 bits per heavy atom. The van der Waals surface area contributed by atoms with Crippen molar-refractivity contribution in [3.63, 3.8) is 0 Å². The number of rotatable bonds is 5. The quantitative estimate of drug-likeness (QED) is 0.919. The number of carbonyl (C=O) groups is 1. The van der Waals surface area contributed by atoms with Crippen LogP contribution in [-0.2, 0) is 6.54 Å². The summed E-state index contributed by atoms with van der Waals surface area (Å²) in [7, 11) is 0. The number of unbranched alkanes of at least 4 members (excludes halogenated alkanes) is 1. The van der Waals surface area contributed by atoms with Crippen LogP contribution in [0.1, 0.15) is 45.7 Å². The molecule has 6 heteroatoms. The number of thiazole rings is 1. The second kappa shape index (κ2) is 6.17. The molecule has 0 saturated heterocycles. The lowest BCUT2D eigenvalue weighted by molar-refractivity contribution is 0.102. The van der Waals surface area contributed by atoms with E-state index in [0.29, 0.717) is 4.88 Å². The number of anilines is 1. The van der Waals surface area contributed by atoms with Gasteiger partial charge >= 0.3 is 0 Å². The van der Waals surface area contributed by atoms with Gasteiger partial charge in [-0.1, -0.05) is 13.3 Å². The van der Waals surface area contributed by atoms with Crippen molar-refractivity contribution in [3.05, 3.63) is 27.3 Å². The van der Waals surface area contributed by atoms with Crippen molar-refractivity contribution >= 4 is 23.1 Å². The molecule has 2 heterocycles. The third-order valence-electron chi connectivity index (χ3n) is 3.09. The van der Waals surface area contributed by atoms with E-state index in [0.717, 1.165) is 41.5 Å². The summed E-state index contributed by atoms with van der Waals surface area (Å²) in [5.74, 6) is 0.684. The third-order valence-corrected chi connectivity index (χ3v) is 4.16. The Balaban J connectivity index is 2.19. The highest BCUT2D eigenvalue weighted by molar-refractivity contribution is 7.13. The second-order valence-electron chi connectivity index (χ2n) is 4.85. The molecule has 1 N–H and O–H groups in total. The Hall–Kier alpha value is -1.69. The minimum absolute atomic E-state index is 0.102. The Morgan fingerprint density at radius 3 is 2.75 bits per heavy atom. The average Bonchev–Trinajstić information content (AvgIpc) is 2.91.